The number of hydrogen-bond acceptors (Lipinski definition) is 9. The Morgan fingerprint density at radius 2 is 1.43 bits per heavy atom. The average molecular weight is 485 g/mol. The van der Waals surface area contributed by atoms with Crippen LogP contribution in [0.15, 0.2) is 0 Å². The molecule has 5 unspecified atom stereocenters. The molecule has 7 N–H and O–H groups in total. The number of amides is 3. The van der Waals surface area contributed by atoms with Gasteiger partial charge in [-0.3, -0.25) is 14.4 Å². The van der Waals surface area contributed by atoms with Gasteiger partial charge in [0.2, 0.25) is 17.7 Å². The van der Waals surface area contributed by atoms with Gasteiger partial charge in [-0.1, -0.05) is 0 Å². The Bertz CT molecular complexity index is 582. The van der Waals surface area contributed by atoms with Crippen molar-refractivity contribution in [1.82, 2.24) is 16.0 Å². The predicted molar refractivity (Wildman–Crippen MR) is 123 cm³/mol. The summed E-state index contributed by atoms with van der Waals surface area (Å²) >= 11 is 6.85. The maximum Gasteiger partial charge on any atom is 0.326 e. The third kappa shape index (κ3) is 10.8. The minimum Gasteiger partial charge on any atom is -0.480 e. The molecule has 174 valence electrons. The first-order valence-corrected chi connectivity index (χ1v) is 12.7. The van der Waals surface area contributed by atoms with Crippen LogP contribution < -0.4 is 21.7 Å². The number of thiol groups is 1. The van der Waals surface area contributed by atoms with Crippen molar-refractivity contribution < 1.29 is 29.4 Å². The lowest BCUT2D eigenvalue weighted by Crippen LogP contribution is -2.60. The molecule has 0 aliphatic carbocycles. The standard InChI is InChI=1S/C17H32N4O6S3/c1-9(22)13(16(25)20-12(17(26)27)5-7-30-3)21-15(24)11(4-6-29-2)19-14(23)10(18)8-28/h9-13,22,28H,4-8,18H2,1-3H3,(H,19,23)(H,20,25)(H,21,24)(H,26,27). The Kier molecular flexibility index (Phi) is 15.0. The SMILES string of the molecule is CSCCC(NC(=O)C(NC(=O)C(CCSC)NC(=O)C(N)CS)C(C)O)C(=O)O. The summed E-state index contributed by atoms with van der Waals surface area (Å²) in [5.74, 6) is -2.12. The summed E-state index contributed by atoms with van der Waals surface area (Å²) in [7, 11) is 0. The van der Waals surface area contributed by atoms with Crippen molar-refractivity contribution in [2.24, 2.45) is 5.73 Å². The van der Waals surface area contributed by atoms with E-state index in [-0.39, 0.29) is 18.6 Å². The van der Waals surface area contributed by atoms with Crippen LogP contribution in [0.1, 0.15) is 19.8 Å². The smallest absolute Gasteiger partial charge is 0.326 e. The maximum absolute atomic E-state index is 12.7. The van der Waals surface area contributed by atoms with E-state index in [2.05, 4.69) is 28.6 Å². The molecule has 0 aromatic rings. The number of rotatable bonds is 15. The molecule has 0 radical (unpaired) electrons. The van der Waals surface area contributed by atoms with Gasteiger partial charge < -0.3 is 31.9 Å². The quantitative estimate of drug-likeness (QED) is 0.139. The molecular weight excluding hydrogens is 452 g/mol. The lowest BCUT2D eigenvalue weighted by molar-refractivity contribution is -0.143. The normalized spacial score (nSPS) is 15.9. The summed E-state index contributed by atoms with van der Waals surface area (Å²) in [5.41, 5.74) is 5.63. The minimum atomic E-state index is -1.39. The molecule has 0 rings (SSSR count). The number of hydrogen-bond donors (Lipinski definition) is 7. The molecule has 0 saturated carbocycles. The summed E-state index contributed by atoms with van der Waals surface area (Å²) in [6, 6.07) is -4.41. The molecule has 0 fully saturated rings. The molecule has 0 aromatic heterocycles. The van der Waals surface area contributed by atoms with Gasteiger partial charge >= 0.3 is 5.97 Å². The highest BCUT2D eigenvalue weighted by atomic mass is 32.2. The van der Waals surface area contributed by atoms with Gasteiger partial charge in [0.1, 0.15) is 18.1 Å². The first kappa shape index (κ1) is 28.9. The second-order valence-corrected chi connectivity index (χ2v) is 8.88. The molecule has 13 heteroatoms. The van der Waals surface area contributed by atoms with Crippen LogP contribution in [0.25, 0.3) is 0 Å². The van der Waals surface area contributed by atoms with E-state index in [1.165, 1.54) is 30.4 Å². The highest BCUT2D eigenvalue weighted by molar-refractivity contribution is 7.98. The van der Waals surface area contributed by atoms with Gasteiger partial charge in [-0.15, -0.1) is 0 Å². The number of nitrogens with two attached hydrogens (primary N) is 1. The molecule has 0 heterocycles. The summed E-state index contributed by atoms with van der Waals surface area (Å²) in [6.45, 7) is 1.30. The van der Waals surface area contributed by atoms with Gasteiger partial charge in [-0.2, -0.15) is 36.2 Å². The zero-order valence-electron chi connectivity index (χ0n) is 17.3. The molecule has 10 nitrogen and oxygen atoms in total. The predicted octanol–water partition coefficient (Wildman–Crippen LogP) is -1.33. The van der Waals surface area contributed by atoms with Crippen molar-refractivity contribution in [2.75, 3.05) is 29.8 Å². The fourth-order valence-corrected chi connectivity index (χ4v) is 3.39. The van der Waals surface area contributed by atoms with Crippen LogP contribution in [0, 0.1) is 0 Å². The number of carboxylic acid groups (broad SMARTS) is 1. The number of aliphatic hydroxyl groups excluding tert-OH is 1. The summed E-state index contributed by atoms with van der Waals surface area (Å²) < 4.78 is 0. The Balaban J connectivity index is 5.28. The molecule has 0 aliphatic heterocycles. The Labute approximate surface area is 190 Å². The molecule has 5 atom stereocenters. The van der Waals surface area contributed by atoms with E-state index in [9.17, 15) is 29.4 Å². The zero-order chi connectivity index (χ0) is 23.3. The third-order valence-corrected chi connectivity index (χ3v) is 5.75. The average Bonchev–Trinajstić information content (AvgIpc) is 2.70. The van der Waals surface area contributed by atoms with Crippen molar-refractivity contribution >= 4 is 59.8 Å². The van der Waals surface area contributed by atoms with Crippen LogP contribution in [-0.2, 0) is 19.2 Å². The molecule has 0 aliphatic rings. The molecule has 0 bridgehead atoms. The van der Waals surface area contributed by atoms with Gasteiger partial charge in [-0.25, -0.2) is 4.79 Å². The van der Waals surface area contributed by atoms with Crippen LogP contribution >= 0.6 is 36.2 Å². The van der Waals surface area contributed by atoms with Crippen molar-refractivity contribution in [2.45, 2.75) is 50.0 Å². The van der Waals surface area contributed by atoms with E-state index in [4.69, 9.17) is 5.73 Å². The second kappa shape index (κ2) is 15.6. The first-order chi connectivity index (χ1) is 14.1. The molecule has 0 aromatic carbocycles. The molecule has 3 amide bonds. The number of carboxylic acids is 1. The van der Waals surface area contributed by atoms with Crippen LogP contribution in [0.3, 0.4) is 0 Å². The van der Waals surface area contributed by atoms with Gasteiger partial charge in [-0.05, 0) is 43.8 Å². The van der Waals surface area contributed by atoms with Crippen LogP contribution in [0.2, 0.25) is 0 Å². The highest BCUT2D eigenvalue weighted by Crippen LogP contribution is 2.05. The zero-order valence-corrected chi connectivity index (χ0v) is 19.8. The van der Waals surface area contributed by atoms with E-state index in [1.807, 2.05) is 12.5 Å². The van der Waals surface area contributed by atoms with Crippen LogP contribution in [-0.4, -0.2) is 93.9 Å². The fraction of sp³-hybridized carbons (Fsp3) is 0.765. The molecule has 0 spiro atoms. The number of nitrogens with one attached hydrogen (secondary N) is 3. The van der Waals surface area contributed by atoms with Gasteiger partial charge in [0, 0.05) is 5.75 Å². The van der Waals surface area contributed by atoms with E-state index < -0.39 is 54.0 Å². The third-order valence-electron chi connectivity index (χ3n) is 4.06. The monoisotopic (exact) mass is 484 g/mol. The summed E-state index contributed by atoms with van der Waals surface area (Å²) in [5, 5.41) is 26.5. The van der Waals surface area contributed by atoms with Crippen molar-refractivity contribution in [3.63, 3.8) is 0 Å². The Morgan fingerprint density at radius 1 is 0.933 bits per heavy atom. The number of thioether (sulfide) groups is 2. The molecular formula is C17H32N4O6S3. The number of carbonyl (C=O) groups excluding carboxylic acids is 3. The van der Waals surface area contributed by atoms with Gasteiger partial charge in [0.25, 0.3) is 0 Å². The van der Waals surface area contributed by atoms with Crippen molar-refractivity contribution in [1.29, 1.82) is 0 Å². The van der Waals surface area contributed by atoms with Crippen LogP contribution in [0.4, 0.5) is 0 Å². The topological polar surface area (TPSA) is 171 Å². The largest absolute Gasteiger partial charge is 0.480 e. The summed E-state index contributed by atoms with van der Waals surface area (Å²) in [6.07, 6.45) is 2.82. The van der Waals surface area contributed by atoms with E-state index in [0.717, 1.165) is 0 Å². The first-order valence-electron chi connectivity index (χ1n) is 9.25. The van der Waals surface area contributed by atoms with Gasteiger partial charge in [0.05, 0.1) is 12.1 Å². The van der Waals surface area contributed by atoms with E-state index in [0.29, 0.717) is 11.5 Å². The summed E-state index contributed by atoms with van der Waals surface area (Å²) in [4.78, 5) is 48.6. The lowest BCUT2D eigenvalue weighted by Gasteiger charge is -2.26. The van der Waals surface area contributed by atoms with E-state index in [1.54, 1.807) is 0 Å². The van der Waals surface area contributed by atoms with Gasteiger partial charge in [0.15, 0.2) is 0 Å². The minimum absolute atomic E-state index is 0.0913. The van der Waals surface area contributed by atoms with Crippen molar-refractivity contribution in [3.8, 4) is 0 Å². The van der Waals surface area contributed by atoms with Crippen LogP contribution in [0.5, 0.6) is 0 Å². The lowest BCUT2D eigenvalue weighted by atomic mass is 10.1. The number of carbonyl (C=O) groups is 4. The molecule has 30 heavy (non-hydrogen) atoms. The highest BCUT2D eigenvalue weighted by Gasteiger charge is 2.32. The van der Waals surface area contributed by atoms with Crippen molar-refractivity contribution in [3.05, 3.63) is 0 Å². The number of aliphatic hydroxyl groups is 1. The Morgan fingerprint density at radius 3 is 1.87 bits per heavy atom. The molecule has 0 saturated heterocycles. The maximum atomic E-state index is 12.7. The Hall–Kier alpha value is -1.15. The van der Waals surface area contributed by atoms with E-state index >= 15 is 0 Å². The second-order valence-electron chi connectivity index (χ2n) is 6.54. The number of aliphatic carboxylic acids is 1. The fourth-order valence-electron chi connectivity index (χ4n) is 2.28.